The lowest BCUT2D eigenvalue weighted by Gasteiger charge is -2.27. The van der Waals surface area contributed by atoms with Crippen molar-refractivity contribution >= 4 is 29.0 Å². The molecule has 2 aromatic rings. The molecule has 0 aliphatic heterocycles. The second-order valence-corrected chi connectivity index (χ2v) is 7.22. The summed E-state index contributed by atoms with van der Waals surface area (Å²) in [5.41, 5.74) is 6.64. The van der Waals surface area contributed by atoms with Gasteiger partial charge in [-0.3, -0.25) is 9.79 Å². The fourth-order valence-corrected chi connectivity index (χ4v) is 3.36. The number of hydrogen-bond acceptors (Lipinski definition) is 4. The van der Waals surface area contributed by atoms with Crippen LogP contribution < -0.4 is 16.4 Å². The molecule has 1 aromatic carbocycles. The Bertz CT molecular complexity index is 909. The van der Waals surface area contributed by atoms with Crippen LogP contribution in [0, 0.1) is 5.82 Å². The van der Waals surface area contributed by atoms with Crippen LogP contribution in [-0.4, -0.2) is 28.8 Å². The summed E-state index contributed by atoms with van der Waals surface area (Å²) in [7, 11) is 0. The molecule has 4 N–H and O–H groups in total. The van der Waals surface area contributed by atoms with Gasteiger partial charge in [0.25, 0.3) is 5.91 Å². The van der Waals surface area contributed by atoms with Gasteiger partial charge in [-0.15, -0.1) is 0 Å². The summed E-state index contributed by atoms with van der Waals surface area (Å²) in [5.74, 6) is -0.174. The van der Waals surface area contributed by atoms with Gasteiger partial charge in [0.2, 0.25) is 0 Å². The zero-order chi connectivity index (χ0) is 20.6. The van der Waals surface area contributed by atoms with Gasteiger partial charge in [-0.25, -0.2) is 9.37 Å². The molecule has 0 saturated heterocycles. The Morgan fingerprint density at radius 1 is 1.17 bits per heavy atom. The number of nitrogens with two attached hydrogens (primary N) is 1. The summed E-state index contributed by atoms with van der Waals surface area (Å²) >= 11 is 5.83. The maximum atomic E-state index is 13.5. The number of carbonyl (C=O) groups excluding carboxylic acids is 1. The number of benzene rings is 1. The summed E-state index contributed by atoms with van der Waals surface area (Å²) in [4.78, 5) is 20.8. The maximum absolute atomic E-state index is 13.5. The van der Waals surface area contributed by atoms with Crippen LogP contribution in [0.15, 0.2) is 59.7 Å². The molecule has 1 aromatic heterocycles. The van der Waals surface area contributed by atoms with E-state index in [1.807, 2.05) is 0 Å². The summed E-state index contributed by atoms with van der Waals surface area (Å²) in [6, 6.07) is 11.5. The molecular weight excluding hydrogens is 393 g/mol. The number of halogens is 2. The highest BCUT2D eigenvalue weighted by Gasteiger charge is 2.23. The van der Waals surface area contributed by atoms with Crippen LogP contribution in [0.1, 0.15) is 36.2 Å². The summed E-state index contributed by atoms with van der Waals surface area (Å²) < 4.78 is 13.5. The van der Waals surface area contributed by atoms with Gasteiger partial charge in [0.15, 0.2) is 0 Å². The average Bonchev–Trinajstić information content (AvgIpc) is 2.71. The van der Waals surface area contributed by atoms with E-state index in [2.05, 4.69) is 20.6 Å². The number of nitrogens with zero attached hydrogens (tertiary/aromatic N) is 2. The molecule has 1 heterocycles. The highest BCUT2D eigenvalue weighted by molar-refractivity contribution is 6.29. The van der Waals surface area contributed by atoms with Crippen LogP contribution >= 0.6 is 11.6 Å². The second kappa shape index (κ2) is 10.0. The zero-order valence-electron chi connectivity index (χ0n) is 15.8. The van der Waals surface area contributed by atoms with Crippen molar-refractivity contribution in [3.05, 3.63) is 71.4 Å². The number of aliphatic imine (C=N–C) groups is 1. The Morgan fingerprint density at radius 3 is 2.66 bits per heavy atom. The second-order valence-electron chi connectivity index (χ2n) is 6.84. The van der Waals surface area contributed by atoms with Gasteiger partial charge in [-0.2, -0.15) is 0 Å². The minimum Gasteiger partial charge on any atom is -0.384 e. The number of anilines is 1. The van der Waals surface area contributed by atoms with Gasteiger partial charge >= 0.3 is 0 Å². The van der Waals surface area contributed by atoms with Gasteiger partial charge in [-0.1, -0.05) is 29.8 Å². The molecule has 3 rings (SSSR count). The third kappa shape index (κ3) is 6.29. The molecule has 8 heteroatoms. The van der Waals surface area contributed by atoms with Gasteiger partial charge < -0.3 is 16.4 Å². The molecule has 152 valence electrons. The van der Waals surface area contributed by atoms with Gasteiger partial charge in [0, 0.05) is 12.2 Å². The number of hydrogen-bond donors (Lipinski definition) is 3. The van der Waals surface area contributed by atoms with Crippen LogP contribution in [0.2, 0.25) is 5.15 Å². The number of amidine groups is 1. The number of rotatable bonds is 6. The highest BCUT2D eigenvalue weighted by atomic mass is 35.5. The quantitative estimate of drug-likeness (QED) is 0.379. The van der Waals surface area contributed by atoms with Crippen molar-refractivity contribution in [3.63, 3.8) is 0 Å². The maximum Gasteiger partial charge on any atom is 0.270 e. The van der Waals surface area contributed by atoms with Crippen molar-refractivity contribution in [2.24, 2.45) is 10.7 Å². The van der Waals surface area contributed by atoms with Crippen LogP contribution in [0.4, 0.5) is 10.1 Å². The number of pyridine rings is 1. The normalized spacial score (nSPS) is 19.9. The van der Waals surface area contributed by atoms with E-state index in [-0.39, 0.29) is 23.8 Å². The van der Waals surface area contributed by atoms with E-state index in [1.165, 1.54) is 6.07 Å². The monoisotopic (exact) mass is 415 g/mol. The number of nitrogens with one attached hydrogen (secondary N) is 2. The summed E-state index contributed by atoms with van der Waals surface area (Å²) in [5, 5.41) is 6.14. The Kier molecular flexibility index (Phi) is 7.19. The van der Waals surface area contributed by atoms with E-state index in [0.29, 0.717) is 22.4 Å². The van der Waals surface area contributed by atoms with Crippen molar-refractivity contribution in [1.82, 2.24) is 10.3 Å². The number of carbonyl (C=O) groups is 1. The molecule has 0 unspecified atom stereocenters. The molecule has 1 fully saturated rings. The van der Waals surface area contributed by atoms with E-state index < -0.39 is 0 Å². The molecule has 0 bridgehead atoms. The lowest BCUT2D eigenvalue weighted by molar-refractivity contribution is 0.0921. The molecular formula is C21H23ClFN5O. The van der Waals surface area contributed by atoms with Crippen LogP contribution in [-0.2, 0) is 0 Å². The van der Waals surface area contributed by atoms with Crippen LogP contribution in [0.25, 0.3) is 0 Å². The Morgan fingerprint density at radius 2 is 1.93 bits per heavy atom. The summed E-state index contributed by atoms with van der Waals surface area (Å²) in [6.45, 7) is 0. The summed E-state index contributed by atoms with van der Waals surface area (Å²) in [6.07, 6.45) is 6.45. The Balaban J connectivity index is 1.45. The predicted octanol–water partition coefficient (Wildman–Crippen LogP) is 3.90. The molecule has 0 atom stereocenters. The Labute approximate surface area is 174 Å². The minimum absolute atomic E-state index is 0.0780. The topological polar surface area (TPSA) is 92.4 Å². The Hall–Kier alpha value is -2.93. The van der Waals surface area contributed by atoms with Gasteiger partial charge in [-0.05, 0) is 56.0 Å². The average molecular weight is 416 g/mol. The van der Waals surface area contributed by atoms with Gasteiger partial charge in [0.05, 0.1) is 11.7 Å². The number of para-hydroxylation sites is 1. The van der Waals surface area contributed by atoms with Crippen molar-refractivity contribution in [2.75, 3.05) is 5.32 Å². The first-order chi connectivity index (χ1) is 14.0. The molecule has 1 aliphatic carbocycles. The number of aromatic nitrogens is 1. The van der Waals surface area contributed by atoms with E-state index >= 15 is 0 Å². The molecule has 6 nitrogen and oxygen atoms in total. The largest absolute Gasteiger partial charge is 0.384 e. The molecule has 0 radical (unpaired) electrons. The molecule has 1 saturated carbocycles. The smallest absolute Gasteiger partial charge is 0.270 e. The lowest BCUT2D eigenvalue weighted by atomic mass is 9.91. The minimum atomic E-state index is -0.332. The molecule has 29 heavy (non-hydrogen) atoms. The standard InChI is InChI=1S/C21H23ClFN5O/c22-19-7-3-6-18(28-19)21(29)27-15-10-8-14(9-11-15)26-20(24)12-13-25-17-5-2-1-4-16(17)23/h1-7,12-15,25H,8-11H2,(H2,24,26)(H,27,29). The van der Waals surface area contributed by atoms with Gasteiger partial charge in [0.1, 0.15) is 22.5 Å². The van der Waals surface area contributed by atoms with E-state index in [1.54, 1.807) is 48.7 Å². The van der Waals surface area contributed by atoms with E-state index in [0.717, 1.165) is 25.7 Å². The van der Waals surface area contributed by atoms with Crippen molar-refractivity contribution in [2.45, 2.75) is 37.8 Å². The number of amides is 1. The SMILES string of the molecule is NC(C=CNc1ccccc1F)=NC1CCC(NC(=O)c2cccc(Cl)n2)CC1. The lowest BCUT2D eigenvalue weighted by Crippen LogP contribution is -2.38. The highest BCUT2D eigenvalue weighted by Crippen LogP contribution is 2.22. The van der Waals surface area contributed by atoms with Crippen molar-refractivity contribution in [1.29, 1.82) is 0 Å². The predicted molar refractivity (Wildman–Crippen MR) is 114 cm³/mol. The first-order valence-electron chi connectivity index (χ1n) is 9.45. The first-order valence-corrected chi connectivity index (χ1v) is 9.83. The van der Waals surface area contributed by atoms with Crippen molar-refractivity contribution in [3.8, 4) is 0 Å². The molecule has 1 aliphatic rings. The molecule has 1 amide bonds. The third-order valence-corrected chi connectivity index (χ3v) is 4.89. The zero-order valence-corrected chi connectivity index (χ0v) is 16.6. The van der Waals surface area contributed by atoms with Crippen molar-refractivity contribution < 1.29 is 9.18 Å². The van der Waals surface area contributed by atoms with Crippen LogP contribution in [0.3, 0.4) is 0 Å². The van der Waals surface area contributed by atoms with E-state index in [9.17, 15) is 9.18 Å². The fourth-order valence-electron chi connectivity index (χ4n) is 3.19. The third-order valence-electron chi connectivity index (χ3n) is 4.68. The fraction of sp³-hybridized carbons (Fsp3) is 0.286. The van der Waals surface area contributed by atoms with Crippen LogP contribution in [0.5, 0.6) is 0 Å². The molecule has 0 spiro atoms. The first kappa shape index (κ1) is 20.8. The van der Waals surface area contributed by atoms with E-state index in [4.69, 9.17) is 17.3 Å².